The van der Waals surface area contributed by atoms with Gasteiger partial charge in [0.25, 0.3) is 0 Å². The molecule has 3 aliphatic rings. The third-order valence-corrected chi connectivity index (χ3v) is 5.63. The van der Waals surface area contributed by atoms with Crippen molar-refractivity contribution < 1.29 is 0 Å². The molecule has 0 radical (unpaired) electrons. The molecule has 6 heteroatoms. The van der Waals surface area contributed by atoms with Crippen molar-refractivity contribution in [2.45, 2.75) is 31.7 Å². The number of nitrogen functional groups attached to an aromatic ring is 1. The second-order valence-electron chi connectivity index (χ2n) is 7.19. The summed E-state index contributed by atoms with van der Waals surface area (Å²) >= 11 is 0. The molecule has 1 saturated heterocycles. The van der Waals surface area contributed by atoms with Crippen molar-refractivity contribution in [2.24, 2.45) is 11.8 Å². The van der Waals surface area contributed by atoms with Gasteiger partial charge < -0.3 is 20.9 Å². The Bertz CT molecular complexity index is 539. The summed E-state index contributed by atoms with van der Waals surface area (Å²) in [6.07, 6.45) is 5.47. The molecule has 2 aliphatic carbocycles. The smallest absolute Gasteiger partial charge is 0.223 e. The molecule has 22 heavy (non-hydrogen) atoms. The van der Waals surface area contributed by atoms with E-state index in [-0.39, 0.29) is 0 Å². The highest BCUT2D eigenvalue weighted by Gasteiger charge is 2.39. The van der Waals surface area contributed by atoms with Crippen LogP contribution in [0.5, 0.6) is 0 Å². The first kappa shape index (κ1) is 14.1. The summed E-state index contributed by atoms with van der Waals surface area (Å²) in [6, 6.07) is 2.65. The number of nitrogens with zero attached hydrogens (tertiary/aromatic N) is 4. The van der Waals surface area contributed by atoms with E-state index in [1.54, 1.807) is 0 Å². The third kappa shape index (κ3) is 2.72. The first-order valence-electron chi connectivity index (χ1n) is 8.52. The topological polar surface area (TPSA) is 70.3 Å². The number of anilines is 3. The summed E-state index contributed by atoms with van der Waals surface area (Å²) in [5.74, 6) is 4.00. The number of fused-ring (bicyclic) bond motifs is 2. The monoisotopic (exact) mass is 302 g/mol. The van der Waals surface area contributed by atoms with Crippen molar-refractivity contribution >= 4 is 17.6 Å². The Balaban J connectivity index is 1.48. The van der Waals surface area contributed by atoms with Gasteiger partial charge in [0, 0.05) is 38.3 Å². The average molecular weight is 302 g/mol. The molecular weight excluding hydrogens is 276 g/mol. The van der Waals surface area contributed by atoms with Crippen molar-refractivity contribution in [1.29, 1.82) is 0 Å². The Hall–Kier alpha value is -1.56. The summed E-state index contributed by atoms with van der Waals surface area (Å²) in [5.41, 5.74) is 5.94. The number of hydrogen-bond acceptors (Lipinski definition) is 6. The Morgan fingerprint density at radius 2 is 1.95 bits per heavy atom. The predicted molar refractivity (Wildman–Crippen MR) is 89.0 cm³/mol. The maximum atomic E-state index is 5.94. The maximum absolute atomic E-state index is 5.94. The van der Waals surface area contributed by atoms with Crippen LogP contribution in [-0.2, 0) is 0 Å². The molecule has 1 aliphatic heterocycles. The van der Waals surface area contributed by atoms with Gasteiger partial charge >= 0.3 is 0 Å². The first-order valence-corrected chi connectivity index (χ1v) is 8.52. The molecule has 1 aromatic heterocycles. The second-order valence-corrected chi connectivity index (χ2v) is 7.19. The molecule has 2 saturated carbocycles. The van der Waals surface area contributed by atoms with E-state index in [4.69, 9.17) is 5.73 Å². The molecule has 120 valence electrons. The molecule has 0 unspecified atom stereocenters. The molecule has 2 heterocycles. The molecular formula is C16H26N6. The van der Waals surface area contributed by atoms with Crippen LogP contribution >= 0.6 is 0 Å². The Labute approximate surface area is 132 Å². The van der Waals surface area contributed by atoms with Crippen LogP contribution in [0.15, 0.2) is 6.07 Å². The predicted octanol–water partition coefficient (Wildman–Crippen LogP) is 1.41. The van der Waals surface area contributed by atoms with Gasteiger partial charge in [0.15, 0.2) is 0 Å². The molecule has 3 N–H and O–H groups in total. The number of rotatable bonds is 3. The van der Waals surface area contributed by atoms with Crippen molar-refractivity contribution in [3.63, 3.8) is 0 Å². The number of hydrogen-bond donors (Lipinski definition) is 2. The van der Waals surface area contributed by atoms with Gasteiger partial charge in [-0.25, -0.2) is 0 Å². The zero-order valence-corrected chi connectivity index (χ0v) is 13.3. The number of nitrogens with two attached hydrogens (primary N) is 1. The molecule has 6 nitrogen and oxygen atoms in total. The van der Waals surface area contributed by atoms with Crippen LogP contribution in [0.1, 0.15) is 25.7 Å². The van der Waals surface area contributed by atoms with Crippen LogP contribution in [0.4, 0.5) is 17.6 Å². The number of piperazine rings is 1. The summed E-state index contributed by atoms with van der Waals surface area (Å²) in [7, 11) is 2.16. The Morgan fingerprint density at radius 1 is 1.14 bits per heavy atom. The van der Waals surface area contributed by atoms with E-state index >= 15 is 0 Å². The summed E-state index contributed by atoms with van der Waals surface area (Å²) in [4.78, 5) is 13.5. The lowest BCUT2D eigenvalue weighted by atomic mass is 9.95. The third-order valence-electron chi connectivity index (χ3n) is 5.63. The molecule has 0 spiro atoms. The molecule has 4 rings (SSSR count). The summed E-state index contributed by atoms with van der Waals surface area (Å²) in [6.45, 7) is 4.14. The minimum atomic E-state index is 0.377. The van der Waals surface area contributed by atoms with Gasteiger partial charge in [-0.1, -0.05) is 6.42 Å². The highest BCUT2D eigenvalue weighted by atomic mass is 15.3. The van der Waals surface area contributed by atoms with Gasteiger partial charge in [-0.05, 0) is 38.1 Å². The lowest BCUT2D eigenvalue weighted by Gasteiger charge is -2.33. The van der Waals surface area contributed by atoms with Gasteiger partial charge in [-0.15, -0.1) is 0 Å². The molecule has 3 atom stereocenters. The first-order chi connectivity index (χ1) is 10.7. The Kier molecular flexibility index (Phi) is 3.56. The van der Waals surface area contributed by atoms with Crippen molar-refractivity contribution in [3.05, 3.63) is 6.07 Å². The maximum Gasteiger partial charge on any atom is 0.223 e. The van der Waals surface area contributed by atoms with Crippen molar-refractivity contribution in [3.8, 4) is 0 Å². The van der Waals surface area contributed by atoms with E-state index in [9.17, 15) is 0 Å². The molecule has 1 aromatic rings. The zero-order valence-electron chi connectivity index (χ0n) is 13.3. The van der Waals surface area contributed by atoms with Gasteiger partial charge in [-0.3, -0.25) is 0 Å². The molecule has 0 aromatic carbocycles. The second kappa shape index (κ2) is 5.57. The lowest BCUT2D eigenvalue weighted by molar-refractivity contribution is 0.312. The Morgan fingerprint density at radius 3 is 2.64 bits per heavy atom. The van der Waals surface area contributed by atoms with E-state index < -0.39 is 0 Å². The van der Waals surface area contributed by atoms with Gasteiger partial charge in [0.05, 0.1) is 0 Å². The molecule has 3 fully saturated rings. The quantitative estimate of drug-likeness (QED) is 0.880. The summed E-state index contributed by atoms with van der Waals surface area (Å²) < 4.78 is 0. The highest BCUT2D eigenvalue weighted by molar-refractivity contribution is 5.53. The molecule has 0 amide bonds. The average Bonchev–Trinajstić information content (AvgIpc) is 3.10. The zero-order chi connectivity index (χ0) is 15.1. The van der Waals surface area contributed by atoms with Crippen LogP contribution in [0.2, 0.25) is 0 Å². The van der Waals surface area contributed by atoms with Crippen LogP contribution in [0.3, 0.4) is 0 Å². The summed E-state index contributed by atoms with van der Waals surface area (Å²) in [5, 5.41) is 3.63. The van der Waals surface area contributed by atoms with Crippen molar-refractivity contribution in [1.82, 2.24) is 14.9 Å². The van der Waals surface area contributed by atoms with E-state index in [0.717, 1.165) is 49.7 Å². The van der Waals surface area contributed by atoms with Gasteiger partial charge in [0.2, 0.25) is 5.95 Å². The number of likely N-dealkylation sites (N-methyl/N-ethyl adjacent to an activating group) is 1. The molecule has 2 bridgehead atoms. The minimum absolute atomic E-state index is 0.377. The SMILES string of the molecule is CN1CCN(c2cc(N[C@H]3C[C@H]4CC[C@@H]3C4)nc(N)n2)CC1. The standard InChI is InChI=1S/C16H26N6/c1-21-4-6-22(7-5-21)15-10-14(19-16(17)20-15)18-13-9-11-2-3-12(13)8-11/h10-13H,2-9H2,1H3,(H3,17,18,19,20)/t11-,12+,13-/m0/s1. The van der Waals surface area contributed by atoms with E-state index in [2.05, 4.69) is 38.2 Å². The van der Waals surface area contributed by atoms with Crippen LogP contribution < -0.4 is 16.0 Å². The lowest BCUT2D eigenvalue weighted by Crippen LogP contribution is -2.45. The van der Waals surface area contributed by atoms with Crippen LogP contribution in [0.25, 0.3) is 0 Å². The fourth-order valence-electron chi connectivity index (χ4n) is 4.34. The minimum Gasteiger partial charge on any atom is -0.368 e. The normalized spacial score (nSPS) is 31.7. The number of nitrogens with one attached hydrogen (secondary N) is 1. The van der Waals surface area contributed by atoms with Crippen molar-refractivity contribution in [2.75, 3.05) is 49.2 Å². The van der Waals surface area contributed by atoms with E-state index in [1.165, 1.54) is 25.7 Å². The number of aromatic nitrogens is 2. The van der Waals surface area contributed by atoms with Gasteiger partial charge in [-0.2, -0.15) is 9.97 Å². The van der Waals surface area contributed by atoms with E-state index in [0.29, 0.717) is 12.0 Å². The van der Waals surface area contributed by atoms with Gasteiger partial charge in [0.1, 0.15) is 11.6 Å². The van der Waals surface area contributed by atoms with Crippen LogP contribution in [-0.4, -0.2) is 54.1 Å². The van der Waals surface area contributed by atoms with Crippen LogP contribution in [0, 0.1) is 11.8 Å². The largest absolute Gasteiger partial charge is 0.368 e. The fourth-order valence-corrected chi connectivity index (χ4v) is 4.34. The fraction of sp³-hybridized carbons (Fsp3) is 0.750. The highest BCUT2D eigenvalue weighted by Crippen LogP contribution is 2.45. The van der Waals surface area contributed by atoms with E-state index in [1.807, 2.05) is 0 Å².